The van der Waals surface area contributed by atoms with Crippen molar-refractivity contribution in [3.05, 3.63) is 78.4 Å². The van der Waals surface area contributed by atoms with Crippen molar-refractivity contribution < 1.29 is 28.5 Å². The average Bonchev–Trinajstić information content (AvgIpc) is 2.83. The average molecular weight is 654 g/mol. The third-order valence-electron chi connectivity index (χ3n) is 5.85. The molecule has 0 saturated heterocycles. The van der Waals surface area contributed by atoms with Crippen molar-refractivity contribution in [1.82, 2.24) is 0 Å². The van der Waals surface area contributed by atoms with Crippen molar-refractivity contribution in [3.8, 4) is 11.5 Å². The second kappa shape index (κ2) is 11.0. The Balaban J connectivity index is 1.78. The Bertz CT molecular complexity index is 1220. The van der Waals surface area contributed by atoms with E-state index in [0.29, 0.717) is 60.9 Å². The number of rotatable bonds is 7. The number of Topliss-reactive ketones (excluding diaryl/α,β-unsaturated/α-hetero) is 1. The molecule has 4 rings (SSSR count). The third kappa shape index (κ3) is 5.35. The summed E-state index contributed by atoms with van der Waals surface area (Å²) in [4.78, 5) is 25.8. The molecular weight excluding hydrogens is 629 g/mol. The van der Waals surface area contributed by atoms with Gasteiger partial charge in [0.05, 0.1) is 23.2 Å². The molecule has 184 valence electrons. The highest BCUT2D eigenvalue weighted by atomic mass is 127. The highest BCUT2D eigenvalue weighted by molar-refractivity contribution is 14.1. The molecule has 0 aromatic heterocycles. The standard InChI is InChI=1S/C26H25BrINO6/c1-3-33-20-12-15(11-17(28)24(20)34-13-14-7-9-16(27)10-8-14)21-22-18(30)5-4-6-19(22)35-25(29)23(21)26(31)32-2/h7-12,21H,3-6,13,29H2,1-2H3/t21-/m0/s1. The van der Waals surface area contributed by atoms with Gasteiger partial charge in [0, 0.05) is 22.9 Å². The lowest BCUT2D eigenvalue weighted by Gasteiger charge is -2.32. The third-order valence-corrected chi connectivity index (χ3v) is 7.18. The molecule has 1 heterocycles. The van der Waals surface area contributed by atoms with Crippen LogP contribution >= 0.6 is 38.5 Å². The first-order chi connectivity index (χ1) is 16.8. The fraction of sp³-hybridized carbons (Fsp3) is 0.308. The molecule has 0 fully saturated rings. The number of carbonyl (C=O) groups is 2. The smallest absolute Gasteiger partial charge is 0.340 e. The summed E-state index contributed by atoms with van der Waals surface area (Å²) in [6, 6.07) is 11.6. The van der Waals surface area contributed by atoms with Crippen LogP contribution in [0.15, 0.2) is 63.7 Å². The molecule has 2 N–H and O–H groups in total. The number of carbonyl (C=O) groups excluding carboxylic acids is 2. The number of methoxy groups -OCH3 is 1. The number of ether oxygens (including phenoxy) is 4. The fourth-order valence-electron chi connectivity index (χ4n) is 4.29. The number of allylic oxidation sites excluding steroid dienone is 2. The Hall–Kier alpha value is -2.53. The maximum atomic E-state index is 13.0. The fourth-order valence-corrected chi connectivity index (χ4v) is 5.34. The lowest BCUT2D eigenvalue weighted by molar-refractivity contribution is -0.136. The highest BCUT2D eigenvalue weighted by Gasteiger charge is 2.41. The first kappa shape index (κ1) is 25.6. The zero-order chi connectivity index (χ0) is 25.1. The van der Waals surface area contributed by atoms with Crippen LogP contribution in [0.2, 0.25) is 0 Å². The first-order valence-corrected chi connectivity index (χ1v) is 13.1. The minimum absolute atomic E-state index is 0.0427. The molecule has 2 aromatic carbocycles. The van der Waals surface area contributed by atoms with Gasteiger partial charge in [0.1, 0.15) is 17.9 Å². The van der Waals surface area contributed by atoms with E-state index >= 15 is 0 Å². The number of hydrogen-bond donors (Lipinski definition) is 1. The van der Waals surface area contributed by atoms with E-state index in [-0.39, 0.29) is 17.2 Å². The normalized spacial score (nSPS) is 17.6. The molecule has 35 heavy (non-hydrogen) atoms. The van der Waals surface area contributed by atoms with Crippen LogP contribution in [-0.2, 0) is 25.7 Å². The minimum Gasteiger partial charge on any atom is -0.490 e. The molecule has 0 amide bonds. The van der Waals surface area contributed by atoms with Crippen LogP contribution in [0.4, 0.5) is 0 Å². The summed E-state index contributed by atoms with van der Waals surface area (Å²) in [5.41, 5.74) is 8.43. The molecule has 1 aliphatic heterocycles. The van der Waals surface area contributed by atoms with Crippen LogP contribution in [-0.4, -0.2) is 25.5 Å². The first-order valence-electron chi connectivity index (χ1n) is 11.2. The molecule has 0 radical (unpaired) electrons. The van der Waals surface area contributed by atoms with Crippen molar-refractivity contribution in [3.63, 3.8) is 0 Å². The van der Waals surface area contributed by atoms with Gasteiger partial charge in [-0.3, -0.25) is 4.79 Å². The molecule has 0 unspecified atom stereocenters. The van der Waals surface area contributed by atoms with Gasteiger partial charge >= 0.3 is 5.97 Å². The largest absolute Gasteiger partial charge is 0.490 e. The molecule has 1 atom stereocenters. The maximum absolute atomic E-state index is 13.0. The Morgan fingerprint density at radius 2 is 1.94 bits per heavy atom. The molecule has 0 saturated carbocycles. The number of halogens is 2. The molecule has 9 heteroatoms. The Labute approximate surface area is 225 Å². The molecule has 2 aliphatic rings. The zero-order valence-electron chi connectivity index (χ0n) is 19.4. The number of esters is 1. The monoisotopic (exact) mass is 653 g/mol. The molecule has 2 aromatic rings. The van der Waals surface area contributed by atoms with Gasteiger partial charge in [-0.2, -0.15) is 0 Å². The van der Waals surface area contributed by atoms with Crippen molar-refractivity contribution in [1.29, 1.82) is 0 Å². The summed E-state index contributed by atoms with van der Waals surface area (Å²) < 4.78 is 24.6. The maximum Gasteiger partial charge on any atom is 0.340 e. The van der Waals surface area contributed by atoms with E-state index in [0.717, 1.165) is 13.6 Å². The summed E-state index contributed by atoms with van der Waals surface area (Å²) in [6.07, 6.45) is 1.64. The quantitative estimate of drug-likeness (QED) is 0.312. The van der Waals surface area contributed by atoms with Gasteiger partial charge in [0.25, 0.3) is 0 Å². The van der Waals surface area contributed by atoms with E-state index in [1.54, 1.807) is 6.07 Å². The van der Waals surface area contributed by atoms with E-state index in [9.17, 15) is 9.59 Å². The summed E-state index contributed by atoms with van der Waals surface area (Å²) in [5.74, 6) is 0.166. The van der Waals surface area contributed by atoms with Gasteiger partial charge in [-0.25, -0.2) is 4.79 Å². The van der Waals surface area contributed by atoms with Gasteiger partial charge in [0.2, 0.25) is 5.88 Å². The van der Waals surface area contributed by atoms with Crippen LogP contribution in [0.25, 0.3) is 0 Å². The summed E-state index contributed by atoms with van der Waals surface area (Å²) in [6.45, 7) is 2.65. The lowest BCUT2D eigenvalue weighted by atomic mass is 9.77. The Kier molecular flexibility index (Phi) is 8.05. The summed E-state index contributed by atoms with van der Waals surface area (Å²) >= 11 is 5.62. The second-order valence-electron chi connectivity index (χ2n) is 8.10. The van der Waals surface area contributed by atoms with Crippen molar-refractivity contribution in [2.24, 2.45) is 5.73 Å². The molecule has 0 bridgehead atoms. The van der Waals surface area contributed by atoms with E-state index in [1.807, 2.05) is 37.3 Å². The summed E-state index contributed by atoms with van der Waals surface area (Å²) in [7, 11) is 1.28. The van der Waals surface area contributed by atoms with Gasteiger partial charge in [-0.1, -0.05) is 28.1 Å². The Morgan fingerprint density at radius 3 is 2.63 bits per heavy atom. The number of nitrogens with two attached hydrogens (primary N) is 1. The van der Waals surface area contributed by atoms with Crippen LogP contribution < -0.4 is 15.2 Å². The van der Waals surface area contributed by atoms with E-state index < -0.39 is 11.9 Å². The van der Waals surface area contributed by atoms with Gasteiger partial charge in [-0.05, 0) is 71.3 Å². The van der Waals surface area contributed by atoms with Crippen molar-refractivity contribution in [2.45, 2.75) is 38.7 Å². The van der Waals surface area contributed by atoms with E-state index in [1.165, 1.54) is 7.11 Å². The number of ketones is 1. The Morgan fingerprint density at radius 1 is 1.20 bits per heavy atom. The predicted molar refractivity (Wildman–Crippen MR) is 142 cm³/mol. The number of hydrogen-bond acceptors (Lipinski definition) is 7. The van der Waals surface area contributed by atoms with Crippen LogP contribution in [0.3, 0.4) is 0 Å². The number of benzene rings is 2. The van der Waals surface area contributed by atoms with Crippen LogP contribution in [0.1, 0.15) is 43.2 Å². The highest BCUT2D eigenvalue weighted by Crippen LogP contribution is 2.46. The van der Waals surface area contributed by atoms with Gasteiger partial charge < -0.3 is 24.7 Å². The molecule has 0 spiro atoms. The molecule has 1 aliphatic carbocycles. The minimum atomic E-state index is -0.716. The van der Waals surface area contributed by atoms with E-state index in [2.05, 4.69) is 38.5 Å². The van der Waals surface area contributed by atoms with Crippen molar-refractivity contribution >= 4 is 50.3 Å². The topological polar surface area (TPSA) is 97.1 Å². The van der Waals surface area contributed by atoms with Crippen LogP contribution in [0, 0.1) is 3.57 Å². The summed E-state index contributed by atoms with van der Waals surface area (Å²) in [5, 5.41) is 0. The lowest BCUT2D eigenvalue weighted by Crippen LogP contribution is -2.31. The predicted octanol–water partition coefficient (Wildman–Crippen LogP) is 5.50. The molecular formula is C26H25BrINO6. The molecule has 7 nitrogen and oxygen atoms in total. The SMILES string of the molecule is CCOc1cc([C@@H]2C(C(=O)OC)=C(N)OC3=C2C(=O)CCC3)cc(I)c1OCc1ccc(Br)cc1. The van der Waals surface area contributed by atoms with Crippen LogP contribution in [0.5, 0.6) is 11.5 Å². The second-order valence-corrected chi connectivity index (χ2v) is 10.2. The van der Waals surface area contributed by atoms with Gasteiger partial charge in [-0.15, -0.1) is 0 Å². The van der Waals surface area contributed by atoms with Gasteiger partial charge in [0.15, 0.2) is 17.3 Å². The van der Waals surface area contributed by atoms with E-state index in [4.69, 9.17) is 24.7 Å². The zero-order valence-corrected chi connectivity index (χ0v) is 23.1. The van der Waals surface area contributed by atoms with Crippen molar-refractivity contribution in [2.75, 3.05) is 13.7 Å².